The monoisotopic (exact) mass is 353 g/mol. The minimum absolute atomic E-state index is 0.433. The summed E-state index contributed by atoms with van der Waals surface area (Å²) < 4.78 is 6.74. The molecule has 0 saturated carbocycles. The van der Waals surface area contributed by atoms with Crippen LogP contribution in [0.5, 0.6) is 11.5 Å². The smallest absolute Gasteiger partial charge is 0.141 e. The molecule has 0 heterocycles. The van der Waals surface area contributed by atoms with Gasteiger partial charge in [0, 0.05) is 17.6 Å². The number of para-hydroxylation sites is 1. The first-order chi connectivity index (χ1) is 9.56. The average molecular weight is 355 g/mol. The van der Waals surface area contributed by atoms with Crippen LogP contribution in [0.1, 0.15) is 19.4 Å². The standard InChI is InChI=1S/C16H17BrClNO/c1-11(2)19-10-12-7-8-13(9-15(12)18)20-16-6-4-3-5-14(16)17/h3-9,11,19H,10H2,1-2H3. The Bertz CT molecular complexity index is 586. The van der Waals surface area contributed by atoms with Crippen LogP contribution in [0.4, 0.5) is 0 Å². The van der Waals surface area contributed by atoms with Crippen molar-refractivity contribution in [2.45, 2.75) is 26.4 Å². The molecule has 0 bridgehead atoms. The zero-order chi connectivity index (χ0) is 14.5. The minimum atomic E-state index is 0.433. The largest absolute Gasteiger partial charge is 0.456 e. The van der Waals surface area contributed by atoms with Crippen LogP contribution in [0, 0.1) is 0 Å². The molecule has 0 spiro atoms. The Kier molecular flexibility index (Phi) is 5.46. The number of halogens is 2. The summed E-state index contributed by atoms with van der Waals surface area (Å²) in [5.74, 6) is 1.51. The Hall–Kier alpha value is -1.03. The molecule has 0 fully saturated rings. The quantitative estimate of drug-likeness (QED) is 0.777. The average Bonchev–Trinajstić information content (AvgIpc) is 2.40. The van der Waals surface area contributed by atoms with Gasteiger partial charge in [-0.25, -0.2) is 0 Å². The summed E-state index contributed by atoms with van der Waals surface area (Å²) in [5.41, 5.74) is 1.07. The first-order valence-electron chi connectivity index (χ1n) is 6.50. The molecule has 0 aromatic heterocycles. The third-order valence-corrected chi connectivity index (χ3v) is 3.80. The zero-order valence-corrected chi connectivity index (χ0v) is 13.8. The third-order valence-electron chi connectivity index (χ3n) is 2.79. The highest BCUT2D eigenvalue weighted by Gasteiger charge is 2.06. The molecule has 0 aliphatic heterocycles. The fraction of sp³-hybridized carbons (Fsp3) is 0.250. The third kappa shape index (κ3) is 4.23. The van der Waals surface area contributed by atoms with Crippen LogP contribution < -0.4 is 10.1 Å². The summed E-state index contributed by atoms with van der Waals surface area (Å²) in [5, 5.41) is 4.06. The van der Waals surface area contributed by atoms with E-state index in [1.807, 2.05) is 42.5 Å². The number of rotatable bonds is 5. The van der Waals surface area contributed by atoms with Crippen LogP contribution in [-0.4, -0.2) is 6.04 Å². The summed E-state index contributed by atoms with van der Waals surface area (Å²) in [6, 6.07) is 13.9. The van der Waals surface area contributed by atoms with Crippen molar-refractivity contribution in [1.82, 2.24) is 5.32 Å². The molecule has 0 saturated heterocycles. The predicted molar refractivity (Wildman–Crippen MR) is 87.6 cm³/mol. The van der Waals surface area contributed by atoms with E-state index in [0.717, 1.165) is 28.1 Å². The second-order valence-corrected chi connectivity index (χ2v) is 6.08. The van der Waals surface area contributed by atoms with Crippen LogP contribution in [0.2, 0.25) is 5.02 Å². The summed E-state index contributed by atoms with van der Waals surface area (Å²) >= 11 is 9.75. The van der Waals surface area contributed by atoms with Crippen LogP contribution in [0.25, 0.3) is 0 Å². The van der Waals surface area contributed by atoms with E-state index in [1.165, 1.54) is 0 Å². The number of hydrogen-bond donors (Lipinski definition) is 1. The maximum Gasteiger partial charge on any atom is 0.141 e. The van der Waals surface area contributed by atoms with E-state index < -0.39 is 0 Å². The second kappa shape index (κ2) is 7.11. The number of benzene rings is 2. The minimum Gasteiger partial charge on any atom is -0.456 e. The zero-order valence-electron chi connectivity index (χ0n) is 11.5. The van der Waals surface area contributed by atoms with Gasteiger partial charge in [0.1, 0.15) is 11.5 Å². The predicted octanol–water partition coefficient (Wildman–Crippen LogP) is 5.39. The molecular weight excluding hydrogens is 338 g/mol. The van der Waals surface area contributed by atoms with Crippen molar-refractivity contribution in [2.24, 2.45) is 0 Å². The van der Waals surface area contributed by atoms with Crippen molar-refractivity contribution < 1.29 is 4.74 Å². The van der Waals surface area contributed by atoms with Gasteiger partial charge in [0.25, 0.3) is 0 Å². The fourth-order valence-electron chi connectivity index (χ4n) is 1.70. The van der Waals surface area contributed by atoms with Gasteiger partial charge >= 0.3 is 0 Å². The maximum absolute atomic E-state index is 6.29. The van der Waals surface area contributed by atoms with Crippen molar-refractivity contribution in [3.8, 4) is 11.5 Å². The first kappa shape index (κ1) is 15.4. The highest BCUT2D eigenvalue weighted by atomic mass is 79.9. The van der Waals surface area contributed by atoms with E-state index in [2.05, 4.69) is 35.1 Å². The lowest BCUT2D eigenvalue weighted by Crippen LogP contribution is -2.21. The molecule has 0 unspecified atom stereocenters. The molecule has 0 atom stereocenters. The molecule has 2 rings (SSSR count). The van der Waals surface area contributed by atoms with Crippen molar-refractivity contribution in [2.75, 3.05) is 0 Å². The molecule has 0 aliphatic rings. The van der Waals surface area contributed by atoms with Crippen molar-refractivity contribution in [3.63, 3.8) is 0 Å². The normalized spacial score (nSPS) is 10.8. The van der Waals surface area contributed by atoms with Crippen molar-refractivity contribution in [3.05, 3.63) is 57.5 Å². The topological polar surface area (TPSA) is 21.3 Å². The summed E-state index contributed by atoms with van der Waals surface area (Å²) in [6.45, 7) is 4.97. The van der Waals surface area contributed by atoms with E-state index in [9.17, 15) is 0 Å². The summed E-state index contributed by atoms with van der Waals surface area (Å²) in [4.78, 5) is 0. The molecule has 1 N–H and O–H groups in total. The van der Waals surface area contributed by atoms with Crippen molar-refractivity contribution >= 4 is 27.5 Å². The number of ether oxygens (including phenoxy) is 1. The lowest BCUT2D eigenvalue weighted by molar-refractivity contribution is 0.479. The summed E-state index contributed by atoms with van der Waals surface area (Å²) in [7, 11) is 0. The molecular formula is C16H17BrClNO. The summed E-state index contributed by atoms with van der Waals surface area (Å²) in [6.07, 6.45) is 0. The van der Waals surface area contributed by atoms with E-state index in [-0.39, 0.29) is 0 Å². The van der Waals surface area contributed by atoms with Gasteiger partial charge in [0.2, 0.25) is 0 Å². The van der Waals surface area contributed by atoms with Gasteiger partial charge in [0.15, 0.2) is 0 Å². The van der Waals surface area contributed by atoms with Crippen LogP contribution in [-0.2, 0) is 6.54 Å². The maximum atomic E-state index is 6.29. The Morgan fingerprint density at radius 2 is 1.95 bits per heavy atom. The van der Waals surface area contributed by atoms with Crippen LogP contribution in [0.3, 0.4) is 0 Å². The first-order valence-corrected chi connectivity index (χ1v) is 7.67. The van der Waals surface area contributed by atoms with E-state index in [4.69, 9.17) is 16.3 Å². The number of hydrogen-bond acceptors (Lipinski definition) is 2. The van der Waals surface area contributed by atoms with E-state index in [0.29, 0.717) is 11.1 Å². The Balaban J connectivity index is 2.11. The molecule has 0 aliphatic carbocycles. The fourth-order valence-corrected chi connectivity index (χ4v) is 2.31. The number of nitrogens with one attached hydrogen (secondary N) is 1. The SMILES string of the molecule is CC(C)NCc1ccc(Oc2ccccc2Br)cc1Cl. The van der Waals surface area contributed by atoms with Gasteiger partial charge in [-0.1, -0.05) is 43.6 Å². The van der Waals surface area contributed by atoms with Crippen LogP contribution >= 0.6 is 27.5 Å². The van der Waals surface area contributed by atoms with Gasteiger partial charge in [0.05, 0.1) is 4.47 Å². The molecule has 4 heteroatoms. The van der Waals surface area contributed by atoms with E-state index >= 15 is 0 Å². The molecule has 2 aromatic carbocycles. The molecule has 0 radical (unpaired) electrons. The van der Waals surface area contributed by atoms with Crippen LogP contribution in [0.15, 0.2) is 46.9 Å². The van der Waals surface area contributed by atoms with E-state index in [1.54, 1.807) is 0 Å². The van der Waals surface area contributed by atoms with Gasteiger partial charge in [-0.2, -0.15) is 0 Å². The Morgan fingerprint density at radius 1 is 1.20 bits per heavy atom. The lowest BCUT2D eigenvalue weighted by atomic mass is 10.2. The van der Waals surface area contributed by atoms with Gasteiger partial charge < -0.3 is 10.1 Å². The molecule has 2 nitrogen and oxygen atoms in total. The lowest BCUT2D eigenvalue weighted by Gasteiger charge is -2.12. The molecule has 20 heavy (non-hydrogen) atoms. The van der Waals surface area contributed by atoms with Gasteiger partial charge in [-0.3, -0.25) is 0 Å². The molecule has 106 valence electrons. The molecule has 2 aromatic rings. The van der Waals surface area contributed by atoms with Gasteiger partial charge in [-0.05, 0) is 45.8 Å². The van der Waals surface area contributed by atoms with Crippen molar-refractivity contribution in [1.29, 1.82) is 0 Å². The second-order valence-electron chi connectivity index (χ2n) is 4.82. The highest BCUT2D eigenvalue weighted by molar-refractivity contribution is 9.10. The Morgan fingerprint density at radius 3 is 2.60 bits per heavy atom. The molecule has 0 amide bonds. The Labute approximate surface area is 133 Å². The highest BCUT2D eigenvalue weighted by Crippen LogP contribution is 2.31. The van der Waals surface area contributed by atoms with Gasteiger partial charge in [-0.15, -0.1) is 0 Å².